The number of rotatable bonds is 5. The van der Waals surface area contributed by atoms with E-state index >= 15 is 0 Å². The number of oxime groups is 1. The Bertz CT molecular complexity index is 571. The molecule has 5 nitrogen and oxygen atoms in total. The Hall–Kier alpha value is -1.20. The highest BCUT2D eigenvalue weighted by Crippen LogP contribution is 2.48. The lowest BCUT2D eigenvalue weighted by Crippen LogP contribution is -2.52. The van der Waals surface area contributed by atoms with E-state index in [0.29, 0.717) is 12.0 Å². The van der Waals surface area contributed by atoms with Crippen molar-refractivity contribution in [2.75, 3.05) is 20.3 Å². The van der Waals surface area contributed by atoms with Gasteiger partial charge in [0.15, 0.2) is 5.70 Å². The van der Waals surface area contributed by atoms with E-state index in [4.69, 9.17) is 14.7 Å². The van der Waals surface area contributed by atoms with Crippen molar-refractivity contribution in [3.63, 3.8) is 0 Å². The minimum atomic E-state index is -0.0576. The molecule has 4 rings (SSSR count). The lowest BCUT2D eigenvalue weighted by molar-refractivity contribution is -0.915. The van der Waals surface area contributed by atoms with Crippen LogP contribution < -0.4 is 0 Å². The zero-order chi connectivity index (χ0) is 16.6. The van der Waals surface area contributed by atoms with Crippen molar-refractivity contribution in [2.45, 2.75) is 69.9 Å². The predicted molar refractivity (Wildman–Crippen MR) is 94.7 cm³/mol. The smallest absolute Gasteiger partial charge is 0.186 e. The average molecular weight is 332 g/mol. The third kappa shape index (κ3) is 2.53. The number of allylic oxidation sites excluding steroid dienone is 2. The van der Waals surface area contributed by atoms with E-state index in [2.05, 4.69) is 18.2 Å². The maximum absolute atomic E-state index is 5.93. The summed E-state index contributed by atoms with van der Waals surface area (Å²) in [7, 11) is 1.78. The van der Waals surface area contributed by atoms with Gasteiger partial charge in [-0.2, -0.15) is 4.59 Å². The van der Waals surface area contributed by atoms with Gasteiger partial charge in [0, 0.05) is 39.1 Å². The van der Waals surface area contributed by atoms with Crippen LogP contribution in [0.2, 0.25) is 0 Å². The molecule has 4 aliphatic rings. The summed E-state index contributed by atoms with van der Waals surface area (Å²) >= 11 is 0. The van der Waals surface area contributed by atoms with Crippen LogP contribution in [0.1, 0.15) is 58.3 Å². The Morgan fingerprint density at radius 1 is 1.29 bits per heavy atom. The van der Waals surface area contributed by atoms with Crippen LogP contribution in [0.15, 0.2) is 22.0 Å². The molecule has 5 heteroatoms. The normalized spacial score (nSPS) is 38.8. The Kier molecular flexibility index (Phi) is 4.25. The molecule has 2 heterocycles. The van der Waals surface area contributed by atoms with Crippen LogP contribution in [0.5, 0.6) is 0 Å². The maximum Gasteiger partial charge on any atom is 0.186 e. The van der Waals surface area contributed by atoms with Gasteiger partial charge in [0.05, 0.1) is 6.21 Å². The third-order valence-electron chi connectivity index (χ3n) is 6.44. The molecule has 2 aliphatic heterocycles. The van der Waals surface area contributed by atoms with Gasteiger partial charge in [-0.3, -0.25) is 0 Å². The van der Waals surface area contributed by atoms with Crippen LogP contribution in [-0.2, 0) is 9.57 Å². The van der Waals surface area contributed by atoms with Gasteiger partial charge in [0.1, 0.15) is 23.9 Å². The lowest BCUT2D eigenvalue weighted by Gasteiger charge is -2.42. The second kappa shape index (κ2) is 6.26. The topological polar surface area (TPSA) is 43.2 Å². The molecule has 2 fully saturated rings. The first kappa shape index (κ1) is 16.3. The first-order valence-electron chi connectivity index (χ1n) is 9.60. The van der Waals surface area contributed by atoms with Gasteiger partial charge in [-0.15, -0.1) is 0 Å². The van der Waals surface area contributed by atoms with Crippen LogP contribution >= 0.6 is 0 Å². The van der Waals surface area contributed by atoms with E-state index in [9.17, 15) is 0 Å². The van der Waals surface area contributed by atoms with Gasteiger partial charge in [-0.05, 0) is 38.5 Å². The molecular weight excluding hydrogens is 302 g/mol. The van der Waals surface area contributed by atoms with Crippen LogP contribution in [0.3, 0.4) is 0 Å². The summed E-state index contributed by atoms with van der Waals surface area (Å²) in [5, 5.41) is 9.47. The van der Waals surface area contributed by atoms with Crippen LogP contribution in [0.4, 0.5) is 0 Å². The Labute approximate surface area is 145 Å². The molecule has 1 unspecified atom stereocenters. The second-order valence-corrected chi connectivity index (χ2v) is 7.97. The molecule has 0 N–H and O–H groups in total. The number of methoxy groups -OCH3 is 1. The Morgan fingerprint density at radius 2 is 2.08 bits per heavy atom. The summed E-state index contributed by atoms with van der Waals surface area (Å²) in [6, 6.07) is 0.607. The zero-order valence-corrected chi connectivity index (χ0v) is 15.0. The number of hydrogen-bond donors (Lipinski definition) is 0. The van der Waals surface area contributed by atoms with E-state index in [1.165, 1.54) is 37.8 Å². The molecule has 0 amide bonds. The van der Waals surface area contributed by atoms with E-state index in [1.807, 2.05) is 6.21 Å². The first-order valence-corrected chi connectivity index (χ1v) is 9.60. The van der Waals surface area contributed by atoms with Gasteiger partial charge < -0.3 is 9.57 Å². The molecule has 0 bridgehead atoms. The summed E-state index contributed by atoms with van der Waals surface area (Å²) < 4.78 is 6.03. The molecule has 0 aromatic carbocycles. The largest absolute Gasteiger partial charge is 0.388 e. The second-order valence-electron chi connectivity index (χ2n) is 7.97. The van der Waals surface area contributed by atoms with Crippen molar-refractivity contribution in [1.29, 1.82) is 0 Å². The summed E-state index contributed by atoms with van der Waals surface area (Å²) in [6.45, 7) is 4.10. The van der Waals surface area contributed by atoms with E-state index in [-0.39, 0.29) is 5.60 Å². The number of hydrogen-bond acceptors (Lipinski definition) is 4. The van der Waals surface area contributed by atoms with Gasteiger partial charge in [-0.25, -0.2) is 0 Å². The SMILES string of the molecule is CC[N+]1(C2CCCCC2)N=CC=C1C1=NOC2(C1)CC(COC)C2. The van der Waals surface area contributed by atoms with Crippen molar-refractivity contribution in [3.05, 3.63) is 11.8 Å². The van der Waals surface area contributed by atoms with Crippen LogP contribution in [0.25, 0.3) is 0 Å². The molecule has 132 valence electrons. The fraction of sp³-hybridized carbons (Fsp3) is 0.789. The standard InChI is InChI=1S/C19H30N3O2/c1-3-22(16-7-5-4-6-8-16)18(9-10-20-22)17-13-19(24-21-17)11-15(12-19)14-23-2/h9-10,15-16H,3-8,11-14H2,1-2H3/q+1. The summed E-state index contributed by atoms with van der Waals surface area (Å²) in [6.07, 6.45) is 13.8. The van der Waals surface area contributed by atoms with Crippen LogP contribution in [0, 0.1) is 5.92 Å². The Balaban J connectivity index is 1.48. The molecule has 24 heavy (non-hydrogen) atoms. The minimum absolute atomic E-state index is 0.0576. The van der Waals surface area contributed by atoms with Crippen molar-refractivity contribution in [2.24, 2.45) is 16.2 Å². The fourth-order valence-corrected chi connectivity index (χ4v) is 5.27. The molecule has 1 atom stereocenters. The summed E-state index contributed by atoms with van der Waals surface area (Å²) in [5.41, 5.74) is 2.37. The molecule has 0 radical (unpaired) electrons. The van der Waals surface area contributed by atoms with Crippen molar-refractivity contribution in [3.8, 4) is 0 Å². The lowest BCUT2D eigenvalue weighted by atomic mass is 9.69. The molecule has 1 spiro atoms. The Morgan fingerprint density at radius 3 is 2.79 bits per heavy atom. The fourth-order valence-electron chi connectivity index (χ4n) is 5.27. The predicted octanol–water partition coefficient (Wildman–Crippen LogP) is 3.61. The van der Waals surface area contributed by atoms with E-state index in [0.717, 1.165) is 42.7 Å². The molecule has 0 saturated heterocycles. The number of nitrogens with zero attached hydrogens (tertiary/aromatic N) is 3. The van der Waals surface area contributed by atoms with Gasteiger partial charge >= 0.3 is 0 Å². The molecule has 2 aliphatic carbocycles. The average Bonchev–Trinajstić information content (AvgIpc) is 3.20. The molecule has 0 aromatic heterocycles. The highest BCUT2D eigenvalue weighted by Gasteiger charge is 2.54. The van der Waals surface area contributed by atoms with E-state index < -0.39 is 0 Å². The van der Waals surface area contributed by atoms with Crippen molar-refractivity contribution in [1.82, 2.24) is 0 Å². The van der Waals surface area contributed by atoms with Gasteiger partial charge in [0.25, 0.3) is 0 Å². The van der Waals surface area contributed by atoms with E-state index in [1.54, 1.807) is 7.11 Å². The van der Waals surface area contributed by atoms with Crippen LogP contribution in [-0.4, -0.2) is 48.4 Å². The molecule has 2 saturated carbocycles. The van der Waals surface area contributed by atoms with Crippen molar-refractivity contribution >= 4 is 11.9 Å². The third-order valence-corrected chi connectivity index (χ3v) is 6.44. The number of quaternary nitrogens is 1. The summed E-state index contributed by atoms with van der Waals surface area (Å²) in [4.78, 5) is 5.93. The minimum Gasteiger partial charge on any atom is -0.388 e. The number of ether oxygens (including phenoxy) is 1. The zero-order valence-electron chi connectivity index (χ0n) is 15.0. The monoisotopic (exact) mass is 332 g/mol. The molecule has 0 aromatic rings. The van der Waals surface area contributed by atoms with Gasteiger partial charge in [-0.1, -0.05) is 16.7 Å². The molecular formula is C19H30N3O2+. The first-order chi connectivity index (χ1) is 11.7. The maximum atomic E-state index is 5.93. The summed E-state index contributed by atoms with van der Waals surface area (Å²) in [5.74, 6) is 0.627. The van der Waals surface area contributed by atoms with Crippen molar-refractivity contribution < 1.29 is 14.2 Å². The highest BCUT2D eigenvalue weighted by atomic mass is 16.7. The highest BCUT2D eigenvalue weighted by molar-refractivity contribution is 6.03. The quantitative estimate of drug-likeness (QED) is 0.722. The van der Waals surface area contributed by atoms with Gasteiger partial charge in [0.2, 0.25) is 0 Å².